The first kappa shape index (κ1) is 30.5. The summed E-state index contributed by atoms with van der Waals surface area (Å²) in [5, 5.41) is 6.31. The summed E-state index contributed by atoms with van der Waals surface area (Å²) in [5.41, 5.74) is -0.544. The lowest BCUT2D eigenvalue weighted by Gasteiger charge is -2.22. The van der Waals surface area contributed by atoms with E-state index in [1.54, 1.807) is 12.1 Å². The minimum atomic E-state index is -3.44. The summed E-state index contributed by atoms with van der Waals surface area (Å²) >= 11 is 0. The summed E-state index contributed by atoms with van der Waals surface area (Å²) in [6.07, 6.45) is -5.31. The first-order valence-electron chi connectivity index (χ1n) is 13.8. The summed E-state index contributed by atoms with van der Waals surface area (Å²) < 4.78 is 117. The molecular formula is C31H24F8N4O2. The van der Waals surface area contributed by atoms with Crippen molar-refractivity contribution in [2.75, 3.05) is 0 Å². The largest absolute Gasteiger partial charge is 0.433 e. The number of carbonyl (C=O) groups is 1. The molecule has 2 aliphatic carbocycles. The quantitative estimate of drug-likeness (QED) is 0.184. The molecule has 2 heterocycles. The van der Waals surface area contributed by atoms with Gasteiger partial charge in [-0.05, 0) is 60.2 Å². The van der Waals surface area contributed by atoms with E-state index < -0.39 is 71.8 Å². The van der Waals surface area contributed by atoms with Crippen molar-refractivity contribution in [1.29, 1.82) is 0 Å². The summed E-state index contributed by atoms with van der Waals surface area (Å²) in [4.78, 5) is 17.7. The van der Waals surface area contributed by atoms with E-state index in [0.717, 1.165) is 12.1 Å². The van der Waals surface area contributed by atoms with Crippen LogP contribution in [0, 0.1) is 17.6 Å². The molecule has 2 aromatic heterocycles. The monoisotopic (exact) mass is 636 g/mol. The molecule has 3 atom stereocenters. The number of ether oxygens (including phenoxy) is 1. The highest BCUT2D eigenvalue weighted by Gasteiger charge is 2.67. The molecule has 2 aliphatic rings. The summed E-state index contributed by atoms with van der Waals surface area (Å²) in [6.45, 7) is -0.254. The van der Waals surface area contributed by atoms with Crippen LogP contribution >= 0.6 is 0 Å². The Morgan fingerprint density at radius 3 is 2.42 bits per heavy atom. The number of amides is 1. The van der Waals surface area contributed by atoms with Gasteiger partial charge < -0.3 is 10.1 Å². The Bertz CT molecular complexity index is 1730. The van der Waals surface area contributed by atoms with Gasteiger partial charge in [0.05, 0.1) is 11.7 Å². The Morgan fingerprint density at radius 1 is 1.09 bits per heavy atom. The molecule has 1 N–H and O–H groups in total. The molecule has 1 amide bonds. The van der Waals surface area contributed by atoms with Crippen LogP contribution in [0.4, 0.5) is 35.1 Å². The zero-order chi connectivity index (χ0) is 32.3. The molecule has 0 radical (unpaired) electrons. The molecular weight excluding hydrogens is 612 g/mol. The summed E-state index contributed by atoms with van der Waals surface area (Å²) in [7, 11) is 0. The molecule has 0 spiro atoms. The van der Waals surface area contributed by atoms with Gasteiger partial charge >= 0.3 is 6.11 Å². The molecule has 0 saturated heterocycles. The van der Waals surface area contributed by atoms with E-state index in [1.165, 1.54) is 30.5 Å². The minimum Gasteiger partial charge on any atom is -0.433 e. The number of nitrogens with one attached hydrogen (secondary N) is 1. The highest BCUT2D eigenvalue weighted by Crippen LogP contribution is 2.68. The minimum absolute atomic E-state index is 0.0559. The highest BCUT2D eigenvalue weighted by molar-refractivity contribution is 5.77. The second-order valence-corrected chi connectivity index (χ2v) is 11.1. The van der Waals surface area contributed by atoms with Gasteiger partial charge in [0.25, 0.3) is 12.3 Å². The number of fused-ring (bicyclic) bond motifs is 3. The molecule has 14 heteroatoms. The van der Waals surface area contributed by atoms with Gasteiger partial charge in [0.1, 0.15) is 35.3 Å². The lowest BCUT2D eigenvalue weighted by atomic mass is 9.95. The van der Waals surface area contributed by atoms with Crippen molar-refractivity contribution in [2.45, 2.75) is 56.7 Å². The van der Waals surface area contributed by atoms with Crippen LogP contribution in [0.25, 0.3) is 11.1 Å². The zero-order valence-corrected chi connectivity index (χ0v) is 23.4. The molecule has 1 fully saturated rings. The predicted octanol–water partition coefficient (Wildman–Crippen LogP) is 7.46. The molecule has 1 saturated carbocycles. The summed E-state index contributed by atoms with van der Waals surface area (Å²) in [6, 6.07) is 10.3. The normalized spacial score (nSPS) is 18.8. The second-order valence-electron chi connectivity index (χ2n) is 11.1. The third-order valence-corrected chi connectivity index (χ3v) is 7.79. The third kappa shape index (κ3) is 6.09. The Hall–Kier alpha value is -4.49. The molecule has 0 aliphatic heterocycles. The van der Waals surface area contributed by atoms with E-state index in [2.05, 4.69) is 20.1 Å². The maximum atomic E-state index is 15.0. The lowest BCUT2D eigenvalue weighted by Crippen LogP contribution is -2.35. The fourth-order valence-electron chi connectivity index (χ4n) is 5.98. The molecule has 45 heavy (non-hydrogen) atoms. The topological polar surface area (TPSA) is 69.0 Å². The van der Waals surface area contributed by atoms with Gasteiger partial charge in [-0.1, -0.05) is 18.2 Å². The standard InChI is InChI=1S/C31H24F8N4O2/c1-30(36,37)45-19-6-4-16(5-7-19)20-3-2-8-40-26(20)23(11-15-9-17(32)12-18(33)10-15)41-24(44)14-43-28-25(27(42-43)29(34)35)21-13-22(21)31(28,38)39/h2-10,12,21-23,29H,11,13-14H2,1H3,(H,41,44)/t21?,22?,23-/m0/s1. The number of alkyl halides is 6. The van der Waals surface area contributed by atoms with Crippen LogP contribution in [0.1, 0.15) is 59.9 Å². The first-order chi connectivity index (χ1) is 21.2. The van der Waals surface area contributed by atoms with Gasteiger partial charge in [0.15, 0.2) is 0 Å². The summed E-state index contributed by atoms with van der Waals surface area (Å²) in [5.74, 6) is -8.10. The van der Waals surface area contributed by atoms with Crippen LogP contribution < -0.4 is 10.1 Å². The van der Waals surface area contributed by atoms with Crippen LogP contribution in [-0.2, 0) is 23.7 Å². The zero-order valence-electron chi connectivity index (χ0n) is 23.4. The lowest BCUT2D eigenvalue weighted by molar-refractivity contribution is -0.158. The molecule has 2 aromatic carbocycles. The van der Waals surface area contributed by atoms with Crippen LogP contribution in [0.5, 0.6) is 5.75 Å². The number of nitrogens with zero attached hydrogens (tertiary/aromatic N) is 3. The molecule has 0 bridgehead atoms. The Balaban J connectivity index is 1.33. The predicted molar refractivity (Wildman–Crippen MR) is 144 cm³/mol. The van der Waals surface area contributed by atoms with Gasteiger partial charge in [-0.15, -0.1) is 0 Å². The van der Waals surface area contributed by atoms with Gasteiger partial charge in [-0.25, -0.2) is 17.6 Å². The number of rotatable bonds is 10. The molecule has 6 nitrogen and oxygen atoms in total. The van der Waals surface area contributed by atoms with E-state index in [4.69, 9.17) is 0 Å². The fourth-order valence-corrected chi connectivity index (χ4v) is 5.98. The number of benzene rings is 2. The van der Waals surface area contributed by atoms with Crippen LogP contribution in [-0.4, -0.2) is 26.8 Å². The van der Waals surface area contributed by atoms with Crippen molar-refractivity contribution in [1.82, 2.24) is 20.1 Å². The highest BCUT2D eigenvalue weighted by atomic mass is 19.3. The van der Waals surface area contributed by atoms with Gasteiger partial charge in [0, 0.05) is 36.2 Å². The van der Waals surface area contributed by atoms with Crippen LogP contribution in [0.15, 0.2) is 60.8 Å². The SMILES string of the molecule is CC(F)(F)Oc1ccc(-c2cccnc2[C@H](Cc2cc(F)cc(F)c2)NC(=O)Cn2nc(C(F)F)c3c2C(F)(F)C2CC32)cc1. The molecule has 6 rings (SSSR count). The smallest absolute Gasteiger partial charge is 0.394 e. The van der Waals surface area contributed by atoms with Crippen molar-refractivity contribution >= 4 is 5.91 Å². The van der Waals surface area contributed by atoms with Gasteiger partial charge in [-0.2, -0.15) is 22.7 Å². The number of carbonyl (C=O) groups excluding carboxylic acids is 1. The molecule has 2 unspecified atom stereocenters. The van der Waals surface area contributed by atoms with Crippen molar-refractivity contribution in [2.24, 2.45) is 5.92 Å². The Labute approximate surface area is 251 Å². The van der Waals surface area contributed by atoms with Crippen molar-refractivity contribution in [3.63, 3.8) is 0 Å². The number of pyridine rings is 1. The van der Waals surface area contributed by atoms with Crippen LogP contribution in [0.2, 0.25) is 0 Å². The van der Waals surface area contributed by atoms with Crippen molar-refractivity contribution in [3.8, 4) is 16.9 Å². The average molecular weight is 637 g/mol. The van der Waals surface area contributed by atoms with Crippen molar-refractivity contribution < 1.29 is 44.7 Å². The first-order valence-corrected chi connectivity index (χ1v) is 13.8. The fraction of sp³-hybridized carbons (Fsp3) is 0.323. The van der Waals surface area contributed by atoms with E-state index in [9.17, 15) is 31.1 Å². The maximum absolute atomic E-state index is 15.0. The maximum Gasteiger partial charge on any atom is 0.394 e. The second kappa shape index (κ2) is 11.1. The number of hydrogen-bond acceptors (Lipinski definition) is 4. The number of hydrogen-bond donors (Lipinski definition) is 1. The number of halogens is 8. The van der Waals surface area contributed by atoms with Gasteiger partial charge in [0.2, 0.25) is 5.91 Å². The van der Waals surface area contributed by atoms with Gasteiger partial charge in [-0.3, -0.25) is 14.5 Å². The third-order valence-electron chi connectivity index (χ3n) is 7.79. The molecule has 236 valence electrons. The van der Waals surface area contributed by atoms with Crippen molar-refractivity contribution in [3.05, 3.63) is 101 Å². The molecule has 4 aromatic rings. The van der Waals surface area contributed by atoms with Crippen LogP contribution in [0.3, 0.4) is 0 Å². The average Bonchev–Trinajstić information content (AvgIpc) is 3.60. The van der Waals surface area contributed by atoms with E-state index in [1.807, 2.05) is 0 Å². The number of aromatic nitrogens is 3. The van der Waals surface area contributed by atoms with E-state index in [0.29, 0.717) is 28.8 Å². The Morgan fingerprint density at radius 2 is 1.78 bits per heavy atom. The van der Waals surface area contributed by atoms with E-state index in [-0.39, 0.29) is 35.4 Å². The van der Waals surface area contributed by atoms with E-state index >= 15 is 8.78 Å². The Kier molecular flexibility index (Phi) is 7.56.